The van der Waals surface area contributed by atoms with Gasteiger partial charge in [0.1, 0.15) is 24.1 Å². The Morgan fingerprint density at radius 1 is 1.11 bits per heavy atom. The predicted octanol–water partition coefficient (Wildman–Crippen LogP) is 4.48. The van der Waals surface area contributed by atoms with Crippen LogP contribution in [0.1, 0.15) is 16.7 Å². The Morgan fingerprint density at radius 2 is 1.94 bits per heavy atom. The Balaban J connectivity index is 1.49. The Hall–Kier alpha value is -4.97. The van der Waals surface area contributed by atoms with Crippen LogP contribution < -0.4 is 20.5 Å². The Bertz CT molecular complexity index is 1460. The van der Waals surface area contributed by atoms with Gasteiger partial charge in [-0.2, -0.15) is 10.4 Å². The molecule has 35 heavy (non-hydrogen) atoms. The van der Waals surface area contributed by atoms with E-state index in [2.05, 4.69) is 20.5 Å². The number of aromatic nitrogens is 2. The van der Waals surface area contributed by atoms with Crippen LogP contribution in [0.15, 0.2) is 82.7 Å². The van der Waals surface area contributed by atoms with Gasteiger partial charge in [-0.15, -0.1) is 0 Å². The lowest BCUT2D eigenvalue weighted by Gasteiger charge is -2.11. The van der Waals surface area contributed by atoms with Crippen molar-refractivity contribution in [1.82, 2.24) is 9.97 Å². The highest BCUT2D eigenvalue weighted by molar-refractivity contribution is 5.81. The maximum atomic E-state index is 13.4. The van der Waals surface area contributed by atoms with E-state index in [4.69, 9.17) is 9.47 Å². The van der Waals surface area contributed by atoms with E-state index >= 15 is 0 Å². The SMILES string of the molecule is COc1cc(C=NNc2nc(-c3ccccc3)c(C#N)c(=O)[nH]2)ccc1OCc1cccc(F)c1. The van der Waals surface area contributed by atoms with Crippen LogP contribution in [0.4, 0.5) is 10.3 Å². The van der Waals surface area contributed by atoms with Crippen LogP contribution in [0.3, 0.4) is 0 Å². The van der Waals surface area contributed by atoms with Crippen LogP contribution in [0, 0.1) is 17.1 Å². The number of nitrogens with zero attached hydrogens (tertiary/aromatic N) is 3. The van der Waals surface area contributed by atoms with Gasteiger partial charge in [0.25, 0.3) is 5.56 Å². The topological polar surface area (TPSA) is 112 Å². The molecule has 2 N–H and O–H groups in total. The van der Waals surface area contributed by atoms with Gasteiger partial charge >= 0.3 is 0 Å². The highest BCUT2D eigenvalue weighted by atomic mass is 19.1. The minimum Gasteiger partial charge on any atom is -0.493 e. The third-order valence-corrected chi connectivity index (χ3v) is 4.93. The van der Waals surface area contributed by atoms with E-state index in [1.165, 1.54) is 25.5 Å². The summed E-state index contributed by atoms with van der Waals surface area (Å²) in [5, 5.41) is 13.5. The summed E-state index contributed by atoms with van der Waals surface area (Å²) in [6, 6.07) is 22.2. The first kappa shape index (κ1) is 23.2. The number of H-pyrrole nitrogens is 1. The quantitative estimate of drug-likeness (QED) is 0.291. The van der Waals surface area contributed by atoms with E-state index in [1.54, 1.807) is 54.6 Å². The summed E-state index contributed by atoms with van der Waals surface area (Å²) >= 11 is 0. The minimum absolute atomic E-state index is 0.0794. The number of anilines is 1. The minimum atomic E-state index is -0.569. The van der Waals surface area contributed by atoms with Gasteiger partial charge in [-0.3, -0.25) is 9.78 Å². The van der Waals surface area contributed by atoms with Crippen molar-refractivity contribution in [3.05, 3.63) is 106 Å². The standard InChI is InChI=1S/C26H20FN5O3/c1-34-23-13-17(10-11-22(23)35-16-18-6-5-9-20(27)12-18)15-29-32-26-30-24(19-7-3-2-4-8-19)21(14-28)25(33)31-26/h2-13,15H,16H2,1H3,(H2,30,31,32,33). The average Bonchev–Trinajstić information content (AvgIpc) is 2.88. The number of hydrogen-bond acceptors (Lipinski definition) is 7. The van der Waals surface area contributed by atoms with E-state index in [0.717, 1.165) is 0 Å². The van der Waals surface area contributed by atoms with Crippen LogP contribution >= 0.6 is 0 Å². The number of rotatable bonds is 8. The van der Waals surface area contributed by atoms with Gasteiger partial charge in [-0.25, -0.2) is 14.8 Å². The van der Waals surface area contributed by atoms with Gasteiger partial charge in [0, 0.05) is 5.56 Å². The van der Waals surface area contributed by atoms with Crippen LogP contribution in [0.2, 0.25) is 0 Å². The molecule has 174 valence electrons. The largest absolute Gasteiger partial charge is 0.493 e. The van der Waals surface area contributed by atoms with Crippen LogP contribution in [-0.2, 0) is 6.61 Å². The van der Waals surface area contributed by atoms with Gasteiger partial charge in [0.15, 0.2) is 11.5 Å². The van der Waals surface area contributed by atoms with Crippen molar-refractivity contribution in [3.63, 3.8) is 0 Å². The van der Waals surface area contributed by atoms with Crippen LogP contribution in [0.25, 0.3) is 11.3 Å². The molecule has 0 aliphatic heterocycles. The zero-order valence-electron chi connectivity index (χ0n) is 18.7. The number of ether oxygens (including phenoxy) is 2. The van der Waals surface area contributed by atoms with Crippen molar-refractivity contribution >= 4 is 12.2 Å². The van der Waals surface area contributed by atoms with Crippen molar-refractivity contribution in [1.29, 1.82) is 5.26 Å². The first-order chi connectivity index (χ1) is 17.1. The maximum absolute atomic E-state index is 13.4. The van der Waals surface area contributed by atoms with Crippen molar-refractivity contribution in [2.45, 2.75) is 6.61 Å². The van der Waals surface area contributed by atoms with E-state index < -0.39 is 5.56 Å². The third-order valence-electron chi connectivity index (χ3n) is 4.93. The lowest BCUT2D eigenvalue weighted by atomic mass is 10.1. The zero-order chi connectivity index (χ0) is 24.6. The van der Waals surface area contributed by atoms with Gasteiger partial charge < -0.3 is 9.47 Å². The summed E-state index contributed by atoms with van der Waals surface area (Å²) in [7, 11) is 1.51. The van der Waals surface area contributed by atoms with Gasteiger partial charge in [0.05, 0.1) is 19.0 Å². The second-order valence-electron chi connectivity index (χ2n) is 7.31. The number of aromatic amines is 1. The molecule has 8 nitrogen and oxygen atoms in total. The fourth-order valence-electron chi connectivity index (χ4n) is 3.27. The number of benzene rings is 3. The lowest BCUT2D eigenvalue weighted by Crippen LogP contribution is -2.16. The molecule has 3 aromatic carbocycles. The number of halogens is 1. The number of hydrogen-bond donors (Lipinski definition) is 2. The zero-order valence-corrected chi connectivity index (χ0v) is 18.7. The van der Waals surface area contributed by atoms with E-state index in [1.807, 2.05) is 12.1 Å². The molecule has 0 bridgehead atoms. The average molecular weight is 469 g/mol. The number of methoxy groups -OCH3 is 1. The fraction of sp³-hybridized carbons (Fsp3) is 0.0769. The van der Waals surface area contributed by atoms with Gasteiger partial charge in [-0.05, 0) is 41.5 Å². The fourth-order valence-corrected chi connectivity index (χ4v) is 3.27. The summed E-state index contributed by atoms with van der Waals surface area (Å²) in [6.45, 7) is 0.185. The van der Waals surface area contributed by atoms with Gasteiger partial charge in [0.2, 0.25) is 5.95 Å². The molecule has 0 fully saturated rings. The third kappa shape index (κ3) is 5.69. The summed E-state index contributed by atoms with van der Waals surface area (Å²) < 4.78 is 24.5. The number of hydrazone groups is 1. The lowest BCUT2D eigenvalue weighted by molar-refractivity contribution is 0.284. The molecule has 0 amide bonds. The molecular weight excluding hydrogens is 449 g/mol. The number of nitrogens with one attached hydrogen (secondary N) is 2. The summed E-state index contributed by atoms with van der Waals surface area (Å²) in [5.41, 5.74) is 4.32. The summed E-state index contributed by atoms with van der Waals surface area (Å²) in [6.07, 6.45) is 1.51. The molecule has 4 rings (SSSR count). The molecule has 0 saturated carbocycles. The molecule has 0 unspecified atom stereocenters. The Kier molecular flexibility index (Phi) is 7.13. The summed E-state index contributed by atoms with van der Waals surface area (Å²) in [4.78, 5) is 19.2. The molecule has 4 aromatic rings. The van der Waals surface area contributed by atoms with Crippen molar-refractivity contribution in [3.8, 4) is 28.8 Å². The number of nitriles is 1. The molecule has 1 heterocycles. The van der Waals surface area contributed by atoms with E-state index in [-0.39, 0.29) is 29.6 Å². The molecule has 0 spiro atoms. The normalized spacial score (nSPS) is 10.7. The maximum Gasteiger partial charge on any atom is 0.270 e. The molecular formula is C26H20FN5O3. The molecule has 0 saturated heterocycles. The highest BCUT2D eigenvalue weighted by Gasteiger charge is 2.13. The molecule has 0 atom stereocenters. The second-order valence-corrected chi connectivity index (χ2v) is 7.31. The smallest absolute Gasteiger partial charge is 0.270 e. The van der Waals surface area contributed by atoms with Gasteiger partial charge in [-0.1, -0.05) is 42.5 Å². The predicted molar refractivity (Wildman–Crippen MR) is 130 cm³/mol. The van der Waals surface area contributed by atoms with Crippen LogP contribution in [-0.4, -0.2) is 23.3 Å². The first-order valence-electron chi connectivity index (χ1n) is 10.5. The molecule has 0 aliphatic carbocycles. The molecule has 0 aliphatic rings. The van der Waals surface area contributed by atoms with Crippen molar-refractivity contribution in [2.24, 2.45) is 5.10 Å². The molecule has 0 radical (unpaired) electrons. The molecule has 9 heteroatoms. The van der Waals surface area contributed by atoms with Crippen molar-refractivity contribution < 1.29 is 13.9 Å². The van der Waals surface area contributed by atoms with Crippen LogP contribution in [0.5, 0.6) is 11.5 Å². The Morgan fingerprint density at radius 3 is 2.69 bits per heavy atom. The van der Waals surface area contributed by atoms with Crippen molar-refractivity contribution in [2.75, 3.05) is 12.5 Å². The first-order valence-corrected chi connectivity index (χ1v) is 10.5. The molecule has 1 aromatic heterocycles. The van der Waals surface area contributed by atoms with E-state index in [9.17, 15) is 14.4 Å². The Labute approximate surface area is 200 Å². The summed E-state index contributed by atoms with van der Waals surface area (Å²) in [5.74, 6) is 0.728. The van der Waals surface area contributed by atoms with E-state index in [0.29, 0.717) is 28.2 Å². The second kappa shape index (κ2) is 10.8. The highest BCUT2D eigenvalue weighted by Crippen LogP contribution is 2.28. The monoisotopic (exact) mass is 469 g/mol.